The lowest BCUT2D eigenvalue weighted by Crippen LogP contribution is -1.89. The fourth-order valence-corrected chi connectivity index (χ4v) is 5.29. The third-order valence-electron chi connectivity index (χ3n) is 5.18. The molecule has 5 aromatic rings. The van der Waals surface area contributed by atoms with Gasteiger partial charge in [-0.25, -0.2) is 14.8 Å². The predicted octanol–water partition coefficient (Wildman–Crippen LogP) is 7.34. The second-order valence-corrected chi connectivity index (χ2v) is 8.22. The number of thiophene rings is 1. The van der Waals surface area contributed by atoms with Crippen molar-refractivity contribution in [2.75, 3.05) is 0 Å². The zero-order valence-corrected chi connectivity index (χ0v) is 16.4. The van der Waals surface area contributed by atoms with Crippen LogP contribution in [0.1, 0.15) is 25.3 Å². The van der Waals surface area contributed by atoms with E-state index in [2.05, 4.69) is 65.1 Å². The third kappa shape index (κ3) is 2.48. The molecule has 0 bridgehead atoms. The summed E-state index contributed by atoms with van der Waals surface area (Å²) in [6, 6.07) is 18.7. The maximum atomic E-state index is 7.24. The van der Waals surface area contributed by atoms with Crippen molar-refractivity contribution in [3.63, 3.8) is 0 Å². The maximum absolute atomic E-state index is 7.24. The van der Waals surface area contributed by atoms with Crippen molar-refractivity contribution in [3.8, 4) is 11.3 Å². The SMILES string of the molecule is [C-]#[N+]c1ccc2c(-c3cccc4c3sc3c(C(C)C)cccc34)ncnc2c1. The minimum Gasteiger partial charge on any atom is -0.238 e. The lowest BCUT2D eigenvalue weighted by atomic mass is 9.99. The highest BCUT2D eigenvalue weighted by Gasteiger charge is 2.16. The van der Waals surface area contributed by atoms with Gasteiger partial charge in [0.2, 0.25) is 0 Å². The van der Waals surface area contributed by atoms with Gasteiger partial charge in [0, 0.05) is 31.1 Å². The number of hydrogen-bond acceptors (Lipinski definition) is 3. The summed E-state index contributed by atoms with van der Waals surface area (Å²) in [4.78, 5) is 12.5. The van der Waals surface area contributed by atoms with Crippen LogP contribution in [0.4, 0.5) is 5.69 Å². The van der Waals surface area contributed by atoms with E-state index in [4.69, 9.17) is 6.57 Å². The number of nitrogens with zero attached hydrogens (tertiary/aromatic N) is 3. The topological polar surface area (TPSA) is 30.1 Å². The number of hydrogen-bond donors (Lipinski definition) is 0. The molecule has 4 heteroatoms. The predicted molar refractivity (Wildman–Crippen MR) is 118 cm³/mol. The summed E-state index contributed by atoms with van der Waals surface area (Å²) in [5, 5.41) is 3.55. The molecule has 2 heterocycles. The van der Waals surface area contributed by atoms with Gasteiger partial charge in [-0.2, -0.15) is 0 Å². The summed E-state index contributed by atoms with van der Waals surface area (Å²) in [6.45, 7) is 11.7. The molecule has 134 valence electrons. The molecule has 0 aliphatic heterocycles. The van der Waals surface area contributed by atoms with Crippen LogP contribution in [0.3, 0.4) is 0 Å². The highest BCUT2D eigenvalue weighted by molar-refractivity contribution is 7.26. The summed E-state index contributed by atoms with van der Waals surface area (Å²) in [5.41, 5.74) is 4.83. The van der Waals surface area contributed by atoms with Gasteiger partial charge in [0.15, 0.2) is 5.69 Å². The number of fused-ring (bicyclic) bond motifs is 4. The van der Waals surface area contributed by atoms with E-state index in [1.165, 1.54) is 25.7 Å². The minimum absolute atomic E-state index is 0.479. The molecule has 3 aromatic carbocycles. The van der Waals surface area contributed by atoms with Crippen LogP contribution in [0.5, 0.6) is 0 Å². The van der Waals surface area contributed by atoms with Crippen LogP contribution in [0.25, 0.3) is 47.2 Å². The van der Waals surface area contributed by atoms with Gasteiger partial charge >= 0.3 is 0 Å². The molecule has 0 amide bonds. The van der Waals surface area contributed by atoms with Crippen LogP contribution >= 0.6 is 11.3 Å². The number of aromatic nitrogens is 2. The maximum Gasteiger partial charge on any atom is 0.189 e. The van der Waals surface area contributed by atoms with Crippen molar-refractivity contribution < 1.29 is 0 Å². The Morgan fingerprint density at radius 1 is 0.893 bits per heavy atom. The van der Waals surface area contributed by atoms with Gasteiger partial charge in [-0.1, -0.05) is 62.4 Å². The standard InChI is InChI=1S/C24H17N3S/c1-14(2)16-6-4-7-17-18-8-5-9-20(24(18)28-23(16)17)22-19-11-10-15(25-3)12-21(19)26-13-27-22/h4-14H,1-2H3. The fraction of sp³-hybridized carbons (Fsp3) is 0.125. The Balaban J connectivity index is 1.86. The van der Waals surface area contributed by atoms with Crippen LogP contribution in [0.2, 0.25) is 0 Å². The van der Waals surface area contributed by atoms with Gasteiger partial charge in [0.25, 0.3) is 0 Å². The van der Waals surface area contributed by atoms with Crippen molar-refractivity contribution in [2.24, 2.45) is 0 Å². The van der Waals surface area contributed by atoms with Crippen LogP contribution in [0.15, 0.2) is 60.9 Å². The van der Waals surface area contributed by atoms with Gasteiger partial charge in [-0.3, -0.25) is 0 Å². The Morgan fingerprint density at radius 3 is 2.46 bits per heavy atom. The minimum atomic E-state index is 0.479. The molecule has 3 nitrogen and oxygen atoms in total. The van der Waals surface area contributed by atoms with Gasteiger partial charge in [-0.15, -0.1) is 11.3 Å². The molecule has 0 N–H and O–H groups in total. The summed E-state index contributed by atoms with van der Waals surface area (Å²) in [6.07, 6.45) is 1.59. The van der Waals surface area contributed by atoms with E-state index >= 15 is 0 Å². The molecular formula is C24H17N3S. The Labute approximate surface area is 167 Å². The largest absolute Gasteiger partial charge is 0.238 e. The van der Waals surface area contributed by atoms with E-state index in [9.17, 15) is 0 Å². The Bertz CT molecular complexity index is 1410. The normalized spacial score (nSPS) is 11.5. The lowest BCUT2D eigenvalue weighted by molar-refractivity contribution is 0.878. The van der Waals surface area contributed by atoms with E-state index in [1.807, 2.05) is 29.5 Å². The summed E-state index contributed by atoms with van der Waals surface area (Å²) >= 11 is 1.85. The summed E-state index contributed by atoms with van der Waals surface area (Å²) < 4.78 is 2.61. The molecule has 0 aliphatic rings. The van der Waals surface area contributed by atoms with Crippen molar-refractivity contribution in [2.45, 2.75) is 19.8 Å². The quantitative estimate of drug-likeness (QED) is 0.300. The first kappa shape index (κ1) is 16.9. The van der Waals surface area contributed by atoms with E-state index in [0.29, 0.717) is 11.6 Å². The second-order valence-electron chi connectivity index (χ2n) is 7.20. The van der Waals surface area contributed by atoms with Crippen LogP contribution in [-0.2, 0) is 0 Å². The van der Waals surface area contributed by atoms with E-state index in [0.717, 1.165) is 22.2 Å². The van der Waals surface area contributed by atoms with E-state index in [1.54, 1.807) is 6.33 Å². The fourth-order valence-electron chi connectivity index (χ4n) is 3.81. The van der Waals surface area contributed by atoms with Crippen molar-refractivity contribution in [1.82, 2.24) is 9.97 Å². The Morgan fingerprint density at radius 2 is 1.68 bits per heavy atom. The van der Waals surface area contributed by atoms with E-state index < -0.39 is 0 Å². The van der Waals surface area contributed by atoms with Crippen LogP contribution in [-0.4, -0.2) is 9.97 Å². The van der Waals surface area contributed by atoms with Crippen LogP contribution in [0, 0.1) is 6.57 Å². The van der Waals surface area contributed by atoms with Gasteiger partial charge in [-0.05, 0) is 17.5 Å². The zero-order chi connectivity index (χ0) is 19.3. The van der Waals surface area contributed by atoms with Crippen molar-refractivity contribution >= 4 is 48.1 Å². The van der Waals surface area contributed by atoms with Gasteiger partial charge < -0.3 is 0 Å². The highest BCUT2D eigenvalue weighted by Crippen LogP contribution is 2.43. The molecule has 0 spiro atoms. The Kier molecular flexibility index (Phi) is 3.85. The molecular weight excluding hydrogens is 362 g/mol. The molecule has 5 rings (SSSR count). The first-order valence-corrected chi connectivity index (χ1v) is 10.1. The molecule has 0 atom stereocenters. The van der Waals surface area contributed by atoms with Gasteiger partial charge in [0.1, 0.15) is 6.33 Å². The monoisotopic (exact) mass is 379 g/mol. The molecule has 0 aliphatic carbocycles. The zero-order valence-electron chi connectivity index (χ0n) is 15.6. The molecule has 0 saturated carbocycles. The molecule has 2 aromatic heterocycles. The van der Waals surface area contributed by atoms with Crippen molar-refractivity contribution in [3.05, 3.63) is 77.9 Å². The highest BCUT2D eigenvalue weighted by atomic mass is 32.1. The average Bonchev–Trinajstić information content (AvgIpc) is 3.11. The third-order valence-corrected chi connectivity index (χ3v) is 6.48. The van der Waals surface area contributed by atoms with Crippen molar-refractivity contribution in [1.29, 1.82) is 0 Å². The first-order valence-electron chi connectivity index (χ1n) is 9.24. The number of rotatable bonds is 2. The molecule has 0 radical (unpaired) electrons. The lowest BCUT2D eigenvalue weighted by Gasteiger charge is -2.07. The molecule has 0 saturated heterocycles. The molecule has 0 fully saturated rings. The van der Waals surface area contributed by atoms with Crippen LogP contribution < -0.4 is 0 Å². The first-order chi connectivity index (χ1) is 13.7. The summed E-state index contributed by atoms with van der Waals surface area (Å²) in [5.74, 6) is 0.479. The smallest absolute Gasteiger partial charge is 0.189 e. The molecule has 0 unspecified atom stereocenters. The Hall–Kier alpha value is -3.29. The number of benzene rings is 3. The second kappa shape index (κ2) is 6.40. The van der Waals surface area contributed by atoms with E-state index in [-0.39, 0.29) is 0 Å². The summed E-state index contributed by atoms with van der Waals surface area (Å²) in [7, 11) is 0. The average molecular weight is 379 g/mol. The molecule has 28 heavy (non-hydrogen) atoms. The van der Waals surface area contributed by atoms with Gasteiger partial charge in [0.05, 0.1) is 17.8 Å².